The second kappa shape index (κ2) is 10.5. The molecule has 3 aromatic rings. The van der Waals surface area contributed by atoms with Crippen LogP contribution < -0.4 is 4.74 Å². The summed E-state index contributed by atoms with van der Waals surface area (Å²) in [5.41, 5.74) is 2.83. The minimum atomic E-state index is -0.530. The minimum Gasteiger partial charge on any atom is -0.423 e. The Kier molecular flexibility index (Phi) is 7.22. The Balaban J connectivity index is 1.47. The van der Waals surface area contributed by atoms with Crippen molar-refractivity contribution in [3.05, 3.63) is 112 Å². The fraction of sp³-hybridized carbons (Fsp3) is 0.0833. The zero-order valence-electron chi connectivity index (χ0n) is 16.2. The van der Waals surface area contributed by atoms with Crippen molar-refractivity contribution in [1.82, 2.24) is 0 Å². The van der Waals surface area contributed by atoms with Gasteiger partial charge in [-0.05, 0) is 65.6 Å². The van der Waals surface area contributed by atoms with Crippen LogP contribution in [0.3, 0.4) is 0 Å². The van der Waals surface area contributed by atoms with E-state index in [9.17, 15) is 14.9 Å². The number of benzene rings is 3. The number of ether oxygens (including phenoxy) is 1. The first-order valence-electron chi connectivity index (χ1n) is 9.38. The molecule has 0 N–H and O–H groups in total. The molecule has 0 aliphatic carbocycles. The number of non-ortho nitro benzene ring substituents is 1. The van der Waals surface area contributed by atoms with E-state index in [0.717, 1.165) is 12.0 Å². The normalized spacial score (nSPS) is 11.1. The van der Waals surface area contributed by atoms with Crippen molar-refractivity contribution in [3.63, 3.8) is 0 Å². The van der Waals surface area contributed by atoms with Gasteiger partial charge in [-0.25, -0.2) is 4.79 Å². The number of hydrogen-bond donors (Lipinski definition) is 0. The Morgan fingerprint density at radius 1 is 0.933 bits per heavy atom. The maximum atomic E-state index is 11.9. The summed E-state index contributed by atoms with van der Waals surface area (Å²) in [4.78, 5) is 26.5. The first kappa shape index (κ1) is 20.7. The third-order valence-electron chi connectivity index (χ3n) is 4.23. The van der Waals surface area contributed by atoms with E-state index >= 15 is 0 Å². The van der Waals surface area contributed by atoms with Crippen molar-refractivity contribution < 1.29 is 14.5 Å². The van der Waals surface area contributed by atoms with Gasteiger partial charge < -0.3 is 4.74 Å². The molecule has 3 rings (SSSR count). The number of hydrogen-bond acceptors (Lipinski definition) is 5. The van der Waals surface area contributed by atoms with Crippen molar-refractivity contribution in [2.24, 2.45) is 4.99 Å². The van der Waals surface area contributed by atoms with E-state index in [2.05, 4.69) is 17.1 Å². The summed E-state index contributed by atoms with van der Waals surface area (Å²) in [6, 6.07) is 23.1. The highest BCUT2D eigenvalue weighted by molar-refractivity contribution is 5.89. The topological polar surface area (TPSA) is 81.8 Å². The minimum absolute atomic E-state index is 0.00146. The Morgan fingerprint density at radius 2 is 1.60 bits per heavy atom. The van der Waals surface area contributed by atoms with E-state index in [0.29, 0.717) is 17.9 Å². The van der Waals surface area contributed by atoms with Crippen molar-refractivity contribution in [1.29, 1.82) is 0 Å². The first-order chi connectivity index (χ1) is 14.6. The van der Waals surface area contributed by atoms with E-state index < -0.39 is 10.9 Å². The molecule has 0 saturated carbocycles. The van der Waals surface area contributed by atoms with Crippen molar-refractivity contribution >= 4 is 23.9 Å². The largest absolute Gasteiger partial charge is 0.423 e. The third kappa shape index (κ3) is 6.53. The van der Waals surface area contributed by atoms with Gasteiger partial charge in [-0.1, -0.05) is 30.3 Å². The maximum Gasteiger partial charge on any atom is 0.336 e. The van der Waals surface area contributed by atoms with Gasteiger partial charge in [0.15, 0.2) is 0 Å². The molecule has 6 nitrogen and oxygen atoms in total. The summed E-state index contributed by atoms with van der Waals surface area (Å²) in [5.74, 6) is -0.104. The lowest BCUT2D eigenvalue weighted by molar-refractivity contribution is -0.384. The number of nitrogens with zero attached hydrogens (tertiary/aromatic N) is 2. The highest BCUT2D eigenvalue weighted by Gasteiger charge is 2.04. The van der Waals surface area contributed by atoms with Crippen LogP contribution in [0.1, 0.15) is 16.7 Å². The average Bonchev–Trinajstić information content (AvgIpc) is 2.77. The molecule has 0 aliphatic rings. The molecule has 0 bridgehead atoms. The molecule has 0 heterocycles. The van der Waals surface area contributed by atoms with Gasteiger partial charge in [-0.15, -0.1) is 0 Å². The van der Waals surface area contributed by atoms with Crippen molar-refractivity contribution in [2.45, 2.75) is 6.42 Å². The molecule has 150 valence electrons. The van der Waals surface area contributed by atoms with Crippen LogP contribution in [0.2, 0.25) is 0 Å². The molecule has 0 aromatic heterocycles. The van der Waals surface area contributed by atoms with Crippen LogP contribution in [0, 0.1) is 10.1 Å². The second-order valence-electron chi connectivity index (χ2n) is 6.44. The molecule has 0 saturated heterocycles. The molecule has 0 fully saturated rings. The number of esters is 1. The van der Waals surface area contributed by atoms with Gasteiger partial charge in [0, 0.05) is 31.0 Å². The zero-order valence-corrected chi connectivity index (χ0v) is 16.2. The third-order valence-corrected chi connectivity index (χ3v) is 4.23. The van der Waals surface area contributed by atoms with E-state index in [1.165, 1.54) is 23.8 Å². The van der Waals surface area contributed by atoms with Gasteiger partial charge in [0.05, 0.1) is 4.92 Å². The number of nitro benzene ring substituents is 1. The summed E-state index contributed by atoms with van der Waals surface area (Å²) >= 11 is 0. The fourth-order valence-corrected chi connectivity index (χ4v) is 2.65. The molecule has 0 spiro atoms. The standard InChI is InChI=1S/C24H20N2O4/c27-24(15-10-20-6-11-22(12-7-20)26(28)29)30-23-13-8-21(9-14-23)18-25-17-16-19-4-2-1-3-5-19/h1-15,18H,16-17H2/b15-10+,25-18?. The van der Waals surface area contributed by atoms with E-state index in [1.54, 1.807) is 36.6 Å². The van der Waals surface area contributed by atoms with Gasteiger partial charge in [-0.2, -0.15) is 0 Å². The van der Waals surface area contributed by atoms with Crippen LogP contribution in [0.4, 0.5) is 5.69 Å². The Morgan fingerprint density at radius 3 is 2.27 bits per heavy atom. The highest BCUT2D eigenvalue weighted by Crippen LogP contribution is 2.14. The second-order valence-corrected chi connectivity index (χ2v) is 6.44. The van der Waals surface area contributed by atoms with Crippen LogP contribution in [0.25, 0.3) is 6.08 Å². The summed E-state index contributed by atoms with van der Waals surface area (Å²) in [5, 5.41) is 10.6. The summed E-state index contributed by atoms with van der Waals surface area (Å²) in [6.45, 7) is 0.703. The van der Waals surface area contributed by atoms with Crippen molar-refractivity contribution in [3.8, 4) is 5.75 Å². The lowest BCUT2D eigenvalue weighted by atomic mass is 10.1. The van der Waals surface area contributed by atoms with E-state index in [4.69, 9.17) is 4.74 Å². The fourth-order valence-electron chi connectivity index (χ4n) is 2.65. The van der Waals surface area contributed by atoms with Crippen LogP contribution >= 0.6 is 0 Å². The highest BCUT2D eigenvalue weighted by atomic mass is 16.6. The summed E-state index contributed by atoms with van der Waals surface area (Å²) < 4.78 is 5.26. The van der Waals surface area contributed by atoms with Gasteiger partial charge in [0.25, 0.3) is 5.69 Å². The number of aliphatic imine (C=N–C) groups is 1. The first-order valence-corrected chi connectivity index (χ1v) is 9.38. The smallest absolute Gasteiger partial charge is 0.336 e. The molecular weight excluding hydrogens is 380 g/mol. The summed E-state index contributed by atoms with van der Waals surface area (Å²) in [6.07, 6.45) is 5.50. The van der Waals surface area contributed by atoms with Crippen LogP contribution in [0.5, 0.6) is 5.75 Å². The van der Waals surface area contributed by atoms with Gasteiger partial charge in [0.1, 0.15) is 5.75 Å². The molecular formula is C24H20N2O4. The van der Waals surface area contributed by atoms with Gasteiger partial charge in [-0.3, -0.25) is 15.1 Å². The molecule has 0 unspecified atom stereocenters. The van der Waals surface area contributed by atoms with Crippen LogP contribution in [0.15, 0.2) is 89.9 Å². The molecule has 0 amide bonds. The SMILES string of the molecule is O=C(/C=C/c1ccc([N+](=O)[O-])cc1)Oc1ccc(C=NCCc2ccccc2)cc1. The van der Waals surface area contributed by atoms with Crippen LogP contribution in [-0.4, -0.2) is 23.7 Å². The number of nitro groups is 1. The average molecular weight is 400 g/mol. The Bertz CT molecular complexity index is 1040. The number of rotatable bonds is 8. The lowest BCUT2D eigenvalue weighted by Crippen LogP contribution is -2.03. The summed E-state index contributed by atoms with van der Waals surface area (Å²) in [7, 11) is 0. The molecule has 0 radical (unpaired) electrons. The monoisotopic (exact) mass is 400 g/mol. The maximum absolute atomic E-state index is 11.9. The predicted octanol–water partition coefficient (Wildman–Crippen LogP) is 4.88. The number of carbonyl (C=O) groups excluding carboxylic acids is 1. The molecule has 0 aliphatic heterocycles. The molecule has 6 heteroatoms. The molecule has 30 heavy (non-hydrogen) atoms. The zero-order chi connectivity index (χ0) is 21.2. The van der Waals surface area contributed by atoms with E-state index in [-0.39, 0.29) is 5.69 Å². The molecule has 3 aromatic carbocycles. The predicted molar refractivity (Wildman–Crippen MR) is 117 cm³/mol. The lowest BCUT2D eigenvalue weighted by Gasteiger charge is -2.02. The Labute approximate surface area is 174 Å². The van der Waals surface area contributed by atoms with E-state index in [1.807, 2.05) is 30.3 Å². The Hall–Kier alpha value is -4.06. The number of carbonyl (C=O) groups is 1. The van der Waals surface area contributed by atoms with Gasteiger partial charge >= 0.3 is 5.97 Å². The van der Waals surface area contributed by atoms with Gasteiger partial charge in [0.2, 0.25) is 0 Å². The molecule has 0 atom stereocenters. The van der Waals surface area contributed by atoms with Crippen molar-refractivity contribution in [2.75, 3.05) is 6.54 Å². The quantitative estimate of drug-likeness (QED) is 0.135. The van der Waals surface area contributed by atoms with Crippen LogP contribution in [-0.2, 0) is 11.2 Å².